The van der Waals surface area contributed by atoms with Crippen molar-refractivity contribution in [2.75, 3.05) is 18.0 Å². The van der Waals surface area contributed by atoms with Gasteiger partial charge >= 0.3 is 0 Å². The Balaban J connectivity index is 2.20. The summed E-state index contributed by atoms with van der Waals surface area (Å²) in [7, 11) is 0. The van der Waals surface area contributed by atoms with Crippen LogP contribution in [0.2, 0.25) is 5.02 Å². The fourth-order valence-corrected chi connectivity index (χ4v) is 2.34. The van der Waals surface area contributed by atoms with Crippen molar-refractivity contribution in [1.82, 2.24) is 0 Å². The van der Waals surface area contributed by atoms with Gasteiger partial charge < -0.3 is 10.6 Å². The van der Waals surface area contributed by atoms with Gasteiger partial charge in [0.05, 0.1) is 17.3 Å². The first-order chi connectivity index (χ1) is 8.61. The van der Waals surface area contributed by atoms with E-state index in [2.05, 4.69) is 10.8 Å². The summed E-state index contributed by atoms with van der Waals surface area (Å²) >= 11 is 6.34. The van der Waals surface area contributed by atoms with Gasteiger partial charge in [-0.05, 0) is 43.4 Å². The summed E-state index contributed by atoms with van der Waals surface area (Å²) in [6.45, 7) is 3.56. The summed E-state index contributed by atoms with van der Waals surface area (Å²) in [5.41, 5.74) is 7.92. The second-order valence-corrected chi connectivity index (χ2v) is 5.43. The van der Waals surface area contributed by atoms with Gasteiger partial charge in [0.25, 0.3) is 0 Å². The second kappa shape index (κ2) is 5.65. The average molecular weight is 263 g/mol. The van der Waals surface area contributed by atoms with Crippen molar-refractivity contribution in [3.63, 3.8) is 0 Å². The van der Waals surface area contributed by atoms with E-state index >= 15 is 0 Å². The van der Waals surface area contributed by atoms with Crippen molar-refractivity contribution in [3.05, 3.63) is 28.8 Å². The summed E-state index contributed by atoms with van der Waals surface area (Å²) in [5.74, 6) is 3.49. The van der Waals surface area contributed by atoms with Gasteiger partial charge in [0.1, 0.15) is 0 Å². The van der Waals surface area contributed by atoms with E-state index in [1.807, 2.05) is 25.1 Å². The van der Waals surface area contributed by atoms with Gasteiger partial charge in [-0.3, -0.25) is 0 Å². The maximum absolute atomic E-state index is 6.34. The molecule has 3 heteroatoms. The first kappa shape index (κ1) is 13.3. The van der Waals surface area contributed by atoms with Crippen LogP contribution >= 0.6 is 11.6 Å². The second-order valence-electron chi connectivity index (χ2n) is 5.03. The van der Waals surface area contributed by atoms with E-state index in [9.17, 15) is 0 Å². The van der Waals surface area contributed by atoms with Crippen LogP contribution in [0, 0.1) is 18.3 Å². The summed E-state index contributed by atoms with van der Waals surface area (Å²) in [4.78, 5) is 2.19. The van der Waals surface area contributed by atoms with E-state index in [1.54, 1.807) is 0 Å². The van der Waals surface area contributed by atoms with E-state index in [0.717, 1.165) is 28.7 Å². The van der Waals surface area contributed by atoms with Crippen LogP contribution < -0.4 is 10.6 Å². The number of rotatable bonds is 5. The normalized spacial score (nSPS) is 16.1. The van der Waals surface area contributed by atoms with Crippen LogP contribution in [-0.4, -0.2) is 13.1 Å². The molecule has 2 nitrogen and oxygen atoms in total. The SMILES string of the molecule is C#CCN(CC1CC1)c1ccc([C@H](C)N)cc1Cl. The molecule has 0 radical (unpaired) electrons. The molecule has 96 valence electrons. The number of halogens is 1. The number of nitrogens with zero attached hydrogens (tertiary/aromatic N) is 1. The minimum atomic E-state index is 0.000987. The molecule has 0 aromatic heterocycles. The lowest BCUT2D eigenvalue weighted by Crippen LogP contribution is -2.26. The Labute approximate surface area is 114 Å². The van der Waals surface area contributed by atoms with Gasteiger partial charge in [-0.15, -0.1) is 6.42 Å². The minimum Gasteiger partial charge on any atom is -0.359 e. The Morgan fingerprint density at radius 2 is 2.28 bits per heavy atom. The van der Waals surface area contributed by atoms with E-state index < -0.39 is 0 Å². The monoisotopic (exact) mass is 262 g/mol. The molecule has 2 N–H and O–H groups in total. The lowest BCUT2D eigenvalue weighted by molar-refractivity contribution is 0.763. The Morgan fingerprint density at radius 3 is 2.78 bits per heavy atom. The molecule has 0 amide bonds. The number of hydrogen-bond acceptors (Lipinski definition) is 2. The summed E-state index contributed by atoms with van der Waals surface area (Å²) in [5, 5.41) is 0.737. The van der Waals surface area contributed by atoms with Gasteiger partial charge in [0, 0.05) is 12.6 Å². The third kappa shape index (κ3) is 3.19. The number of hydrogen-bond donors (Lipinski definition) is 1. The smallest absolute Gasteiger partial charge is 0.0792 e. The van der Waals surface area contributed by atoms with Gasteiger partial charge in [-0.2, -0.15) is 0 Å². The van der Waals surface area contributed by atoms with Gasteiger partial charge in [-0.25, -0.2) is 0 Å². The molecule has 0 bridgehead atoms. The molecule has 2 rings (SSSR count). The van der Waals surface area contributed by atoms with Crippen LogP contribution in [0.25, 0.3) is 0 Å². The molecule has 1 aliphatic carbocycles. The van der Waals surface area contributed by atoms with Gasteiger partial charge in [0.15, 0.2) is 0 Å². The van der Waals surface area contributed by atoms with Gasteiger partial charge in [0.2, 0.25) is 0 Å². The molecular weight excluding hydrogens is 244 g/mol. The van der Waals surface area contributed by atoms with Crippen molar-refractivity contribution in [2.45, 2.75) is 25.8 Å². The van der Waals surface area contributed by atoms with Crippen LogP contribution in [-0.2, 0) is 0 Å². The molecule has 0 saturated heterocycles. The third-order valence-electron chi connectivity index (χ3n) is 3.30. The Kier molecular flexibility index (Phi) is 4.16. The third-order valence-corrected chi connectivity index (χ3v) is 3.60. The van der Waals surface area contributed by atoms with Crippen molar-refractivity contribution in [1.29, 1.82) is 0 Å². The van der Waals surface area contributed by atoms with Crippen LogP contribution in [0.5, 0.6) is 0 Å². The molecule has 1 aliphatic rings. The zero-order chi connectivity index (χ0) is 13.1. The summed E-state index contributed by atoms with van der Waals surface area (Å²) < 4.78 is 0. The lowest BCUT2D eigenvalue weighted by Gasteiger charge is -2.24. The van der Waals surface area contributed by atoms with Crippen molar-refractivity contribution in [3.8, 4) is 12.3 Å². The molecule has 1 saturated carbocycles. The molecule has 0 aliphatic heterocycles. The molecule has 0 heterocycles. The maximum atomic E-state index is 6.34. The first-order valence-electron chi connectivity index (χ1n) is 6.35. The van der Waals surface area contributed by atoms with Crippen LogP contribution in [0.15, 0.2) is 18.2 Å². The van der Waals surface area contributed by atoms with E-state index in [4.69, 9.17) is 23.8 Å². The van der Waals surface area contributed by atoms with E-state index in [-0.39, 0.29) is 6.04 Å². The van der Waals surface area contributed by atoms with Crippen molar-refractivity contribution < 1.29 is 0 Å². The van der Waals surface area contributed by atoms with Crippen molar-refractivity contribution in [2.24, 2.45) is 11.7 Å². The highest BCUT2D eigenvalue weighted by Gasteiger charge is 2.25. The van der Waals surface area contributed by atoms with Crippen LogP contribution in [0.1, 0.15) is 31.4 Å². The molecule has 1 fully saturated rings. The topological polar surface area (TPSA) is 29.3 Å². The average Bonchev–Trinajstić information content (AvgIpc) is 3.12. The standard InChI is InChI=1S/C15H19ClN2/c1-3-8-18(10-12-4-5-12)15-7-6-13(11(2)17)9-14(15)16/h1,6-7,9,11-12H,4-5,8,10,17H2,2H3/t11-/m0/s1. The molecule has 1 aromatic rings. The predicted molar refractivity (Wildman–Crippen MR) is 77.8 cm³/mol. The highest BCUT2D eigenvalue weighted by atomic mass is 35.5. The number of terminal acetylenes is 1. The van der Waals surface area contributed by atoms with Crippen molar-refractivity contribution >= 4 is 17.3 Å². The largest absolute Gasteiger partial charge is 0.359 e. The highest BCUT2D eigenvalue weighted by Crippen LogP contribution is 2.34. The van der Waals surface area contributed by atoms with Crippen LogP contribution in [0.3, 0.4) is 0 Å². The number of nitrogens with two attached hydrogens (primary N) is 1. The summed E-state index contributed by atoms with van der Waals surface area (Å²) in [6, 6.07) is 6.00. The lowest BCUT2D eigenvalue weighted by atomic mass is 10.1. The quantitative estimate of drug-likeness (QED) is 0.826. The number of anilines is 1. The van der Waals surface area contributed by atoms with Gasteiger partial charge in [-0.1, -0.05) is 23.6 Å². The Hall–Kier alpha value is -1.17. The molecule has 0 unspecified atom stereocenters. The molecule has 1 aromatic carbocycles. The Bertz CT molecular complexity index is 458. The van der Waals surface area contributed by atoms with Crippen LogP contribution in [0.4, 0.5) is 5.69 Å². The predicted octanol–water partition coefficient (Wildman–Crippen LogP) is 3.21. The van der Waals surface area contributed by atoms with E-state index in [0.29, 0.717) is 6.54 Å². The maximum Gasteiger partial charge on any atom is 0.0792 e. The highest BCUT2D eigenvalue weighted by molar-refractivity contribution is 6.33. The summed E-state index contributed by atoms with van der Waals surface area (Å²) in [6.07, 6.45) is 8.04. The fourth-order valence-electron chi connectivity index (χ4n) is 2.03. The Morgan fingerprint density at radius 1 is 1.56 bits per heavy atom. The molecular formula is C15H19ClN2. The zero-order valence-corrected chi connectivity index (χ0v) is 11.5. The zero-order valence-electron chi connectivity index (χ0n) is 10.7. The molecule has 1 atom stereocenters. The molecule has 0 spiro atoms. The van der Waals surface area contributed by atoms with E-state index in [1.165, 1.54) is 12.8 Å². The molecule has 18 heavy (non-hydrogen) atoms. The fraction of sp³-hybridized carbons (Fsp3) is 0.467. The number of benzene rings is 1. The first-order valence-corrected chi connectivity index (χ1v) is 6.73. The minimum absolute atomic E-state index is 0.000987.